The van der Waals surface area contributed by atoms with E-state index in [1.54, 1.807) is 11.0 Å². The molecule has 1 unspecified atom stereocenters. The Bertz CT molecular complexity index is 730. The van der Waals surface area contributed by atoms with Crippen molar-refractivity contribution in [1.29, 1.82) is 0 Å². The van der Waals surface area contributed by atoms with E-state index in [1.165, 1.54) is 30.5 Å². The van der Waals surface area contributed by atoms with Crippen LogP contribution in [0, 0.1) is 5.82 Å². The van der Waals surface area contributed by atoms with Crippen molar-refractivity contribution in [1.82, 2.24) is 15.2 Å². The van der Waals surface area contributed by atoms with Crippen LogP contribution in [-0.4, -0.2) is 35.4 Å². The number of carbonyl (C=O) groups excluding carboxylic acids is 1. The van der Waals surface area contributed by atoms with Gasteiger partial charge in [0, 0.05) is 31.9 Å². The second-order valence-electron chi connectivity index (χ2n) is 5.22. The number of pyridine rings is 1. The van der Waals surface area contributed by atoms with Crippen molar-refractivity contribution in [3.63, 3.8) is 0 Å². The summed E-state index contributed by atoms with van der Waals surface area (Å²) in [6.07, 6.45) is 1.41. The van der Waals surface area contributed by atoms with E-state index in [9.17, 15) is 14.0 Å². The van der Waals surface area contributed by atoms with Crippen molar-refractivity contribution >= 4 is 18.3 Å². The number of carbonyl (C=O) groups is 1. The SMILES string of the molecule is Cl.O=C(c1ccc(=O)[nH]c1)N1CCNCC1c1cccc(F)c1. The van der Waals surface area contributed by atoms with Crippen molar-refractivity contribution < 1.29 is 9.18 Å². The molecule has 0 saturated carbocycles. The van der Waals surface area contributed by atoms with E-state index in [0.717, 1.165) is 5.56 Å². The molecule has 1 aliphatic rings. The number of nitrogens with zero attached hydrogens (tertiary/aromatic N) is 1. The van der Waals surface area contributed by atoms with Crippen molar-refractivity contribution in [3.05, 3.63) is 69.9 Å². The minimum atomic E-state index is -0.320. The zero-order chi connectivity index (χ0) is 15.5. The predicted molar refractivity (Wildman–Crippen MR) is 87.4 cm³/mol. The normalized spacial score (nSPS) is 17.4. The maximum absolute atomic E-state index is 13.5. The minimum Gasteiger partial charge on any atom is -0.329 e. The second kappa shape index (κ2) is 7.39. The van der Waals surface area contributed by atoms with Crippen molar-refractivity contribution in [2.75, 3.05) is 19.6 Å². The summed E-state index contributed by atoms with van der Waals surface area (Å²) >= 11 is 0. The molecule has 0 spiro atoms. The lowest BCUT2D eigenvalue weighted by Gasteiger charge is -2.36. The number of piperazine rings is 1. The summed E-state index contributed by atoms with van der Waals surface area (Å²) < 4.78 is 13.5. The first-order chi connectivity index (χ1) is 10.6. The highest BCUT2D eigenvalue weighted by Gasteiger charge is 2.28. The van der Waals surface area contributed by atoms with Crippen molar-refractivity contribution in [2.45, 2.75) is 6.04 Å². The van der Waals surface area contributed by atoms with Gasteiger partial charge in [-0.2, -0.15) is 0 Å². The number of H-pyrrole nitrogens is 1. The quantitative estimate of drug-likeness (QED) is 0.877. The summed E-state index contributed by atoms with van der Waals surface area (Å²) in [5, 5.41) is 3.22. The Kier molecular flexibility index (Phi) is 5.52. The van der Waals surface area contributed by atoms with Gasteiger partial charge in [0.1, 0.15) is 5.82 Å². The van der Waals surface area contributed by atoms with E-state index in [2.05, 4.69) is 10.3 Å². The molecule has 0 radical (unpaired) electrons. The zero-order valence-corrected chi connectivity index (χ0v) is 13.1. The van der Waals surface area contributed by atoms with Crippen LogP contribution in [-0.2, 0) is 0 Å². The van der Waals surface area contributed by atoms with Crippen LogP contribution in [0.25, 0.3) is 0 Å². The predicted octanol–water partition coefficient (Wildman–Crippen LogP) is 1.72. The number of aromatic nitrogens is 1. The average Bonchev–Trinajstić information content (AvgIpc) is 2.55. The third kappa shape index (κ3) is 3.78. The van der Waals surface area contributed by atoms with Gasteiger partial charge in [-0.05, 0) is 23.8 Å². The molecule has 122 valence electrons. The largest absolute Gasteiger partial charge is 0.329 e. The number of amides is 1. The lowest BCUT2D eigenvalue weighted by molar-refractivity contribution is 0.0633. The Balaban J connectivity index is 0.00000192. The molecular weight excluding hydrogens is 321 g/mol. The van der Waals surface area contributed by atoms with E-state index in [1.807, 2.05) is 6.07 Å². The van der Waals surface area contributed by atoms with Gasteiger partial charge in [0.15, 0.2) is 0 Å². The van der Waals surface area contributed by atoms with Gasteiger partial charge in [-0.1, -0.05) is 12.1 Å². The molecule has 0 bridgehead atoms. The van der Waals surface area contributed by atoms with Gasteiger partial charge in [0.25, 0.3) is 5.91 Å². The topological polar surface area (TPSA) is 65.2 Å². The Morgan fingerprint density at radius 2 is 2.09 bits per heavy atom. The van der Waals surface area contributed by atoms with E-state index in [4.69, 9.17) is 0 Å². The average molecular weight is 338 g/mol. The fourth-order valence-corrected chi connectivity index (χ4v) is 2.67. The molecule has 1 aliphatic heterocycles. The number of halogens is 2. The van der Waals surface area contributed by atoms with Crippen LogP contribution < -0.4 is 10.9 Å². The molecule has 3 rings (SSSR count). The molecule has 1 saturated heterocycles. The number of benzene rings is 1. The first kappa shape index (κ1) is 17.2. The van der Waals surface area contributed by atoms with Crippen LogP contribution >= 0.6 is 12.4 Å². The zero-order valence-electron chi connectivity index (χ0n) is 12.3. The highest BCUT2D eigenvalue weighted by Crippen LogP contribution is 2.24. The molecule has 2 N–H and O–H groups in total. The van der Waals surface area contributed by atoms with Crippen LogP contribution in [0.2, 0.25) is 0 Å². The molecule has 7 heteroatoms. The standard InChI is InChI=1S/C16H16FN3O2.ClH/c17-13-3-1-2-11(8-13)14-10-18-6-7-20(14)16(22)12-4-5-15(21)19-9-12;/h1-5,8-9,14,18H,6-7,10H2,(H,19,21);1H. The van der Waals surface area contributed by atoms with E-state index < -0.39 is 0 Å². The molecule has 0 aliphatic carbocycles. The summed E-state index contributed by atoms with van der Waals surface area (Å²) in [4.78, 5) is 28.0. The first-order valence-electron chi connectivity index (χ1n) is 7.11. The van der Waals surface area contributed by atoms with Gasteiger partial charge in [-0.25, -0.2) is 4.39 Å². The van der Waals surface area contributed by atoms with Gasteiger partial charge < -0.3 is 15.2 Å². The Hall–Kier alpha value is -2.18. The van der Waals surface area contributed by atoms with Crippen LogP contribution in [0.15, 0.2) is 47.4 Å². The second-order valence-corrected chi connectivity index (χ2v) is 5.22. The lowest BCUT2D eigenvalue weighted by Crippen LogP contribution is -2.48. The summed E-state index contributed by atoms with van der Waals surface area (Å²) in [5.74, 6) is -0.494. The van der Waals surface area contributed by atoms with Gasteiger partial charge in [0.2, 0.25) is 5.56 Å². The molecular formula is C16H17ClFN3O2. The van der Waals surface area contributed by atoms with Crippen LogP contribution in [0.3, 0.4) is 0 Å². The minimum absolute atomic E-state index is 0. The van der Waals surface area contributed by atoms with Gasteiger partial charge in [-0.15, -0.1) is 12.4 Å². The van der Waals surface area contributed by atoms with Crippen molar-refractivity contribution in [2.24, 2.45) is 0 Å². The molecule has 1 fully saturated rings. The summed E-state index contributed by atoms with van der Waals surface area (Å²) in [6, 6.07) is 8.89. The van der Waals surface area contributed by atoms with Gasteiger partial charge >= 0.3 is 0 Å². The fourth-order valence-electron chi connectivity index (χ4n) is 2.67. The third-order valence-electron chi connectivity index (χ3n) is 3.77. The van der Waals surface area contributed by atoms with Crippen LogP contribution in [0.4, 0.5) is 4.39 Å². The summed E-state index contributed by atoms with van der Waals surface area (Å²) in [5.41, 5.74) is 0.923. The number of hydrogen-bond acceptors (Lipinski definition) is 3. The maximum atomic E-state index is 13.5. The number of aromatic amines is 1. The third-order valence-corrected chi connectivity index (χ3v) is 3.77. The molecule has 2 heterocycles. The molecule has 1 aromatic heterocycles. The molecule has 23 heavy (non-hydrogen) atoms. The van der Waals surface area contributed by atoms with Gasteiger partial charge in [-0.3, -0.25) is 9.59 Å². The molecule has 1 amide bonds. The van der Waals surface area contributed by atoms with E-state index in [0.29, 0.717) is 25.2 Å². The highest BCUT2D eigenvalue weighted by atomic mass is 35.5. The van der Waals surface area contributed by atoms with Gasteiger partial charge in [0.05, 0.1) is 11.6 Å². The van der Waals surface area contributed by atoms with E-state index >= 15 is 0 Å². The van der Waals surface area contributed by atoms with E-state index in [-0.39, 0.29) is 35.7 Å². The highest BCUT2D eigenvalue weighted by molar-refractivity contribution is 5.94. The lowest BCUT2D eigenvalue weighted by atomic mass is 10.0. The Morgan fingerprint density at radius 1 is 1.26 bits per heavy atom. The smallest absolute Gasteiger partial charge is 0.255 e. The van der Waals surface area contributed by atoms with Crippen LogP contribution in [0.5, 0.6) is 0 Å². The molecule has 5 nitrogen and oxygen atoms in total. The molecule has 2 aromatic rings. The fraction of sp³-hybridized carbons (Fsp3) is 0.250. The van der Waals surface area contributed by atoms with Crippen molar-refractivity contribution in [3.8, 4) is 0 Å². The monoisotopic (exact) mass is 337 g/mol. The summed E-state index contributed by atoms with van der Waals surface area (Å²) in [6.45, 7) is 1.78. The Labute approximate surface area is 138 Å². The summed E-state index contributed by atoms with van der Waals surface area (Å²) in [7, 11) is 0. The molecule has 1 aromatic carbocycles. The Morgan fingerprint density at radius 3 is 2.78 bits per heavy atom. The van der Waals surface area contributed by atoms with Crippen LogP contribution in [0.1, 0.15) is 22.0 Å². The number of hydrogen-bond donors (Lipinski definition) is 2. The number of nitrogens with one attached hydrogen (secondary N) is 2. The first-order valence-corrected chi connectivity index (χ1v) is 7.11. The number of rotatable bonds is 2. The molecule has 1 atom stereocenters. The maximum Gasteiger partial charge on any atom is 0.255 e.